The SMILES string of the molecule is C[C@H]1OC[C@@]2(C)CC(=O)[C@@H]12. The van der Waals surface area contributed by atoms with Crippen molar-refractivity contribution in [2.75, 3.05) is 6.61 Å². The summed E-state index contributed by atoms with van der Waals surface area (Å²) in [6.45, 7) is 4.92. The highest BCUT2D eigenvalue weighted by Gasteiger charge is 2.57. The van der Waals surface area contributed by atoms with Crippen LogP contribution in [0.5, 0.6) is 0 Å². The van der Waals surface area contributed by atoms with Gasteiger partial charge in [-0.2, -0.15) is 0 Å². The van der Waals surface area contributed by atoms with Crippen LogP contribution >= 0.6 is 0 Å². The highest BCUT2D eigenvalue weighted by molar-refractivity contribution is 5.89. The number of ether oxygens (including phenoxy) is 1. The van der Waals surface area contributed by atoms with E-state index in [-0.39, 0.29) is 17.4 Å². The van der Waals surface area contributed by atoms with Crippen molar-refractivity contribution in [1.29, 1.82) is 0 Å². The number of rotatable bonds is 0. The van der Waals surface area contributed by atoms with Crippen LogP contribution in [0.25, 0.3) is 0 Å². The van der Waals surface area contributed by atoms with Crippen LogP contribution in [-0.2, 0) is 9.53 Å². The molecule has 0 aromatic heterocycles. The van der Waals surface area contributed by atoms with Gasteiger partial charge >= 0.3 is 0 Å². The van der Waals surface area contributed by atoms with E-state index in [1.165, 1.54) is 0 Å². The topological polar surface area (TPSA) is 26.3 Å². The van der Waals surface area contributed by atoms with Gasteiger partial charge in [0.15, 0.2) is 0 Å². The molecular formula is C8H12O2. The highest BCUT2D eigenvalue weighted by atomic mass is 16.5. The van der Waals surface area contributed by atoms with E-state index in [0.717, 1.165) is 13.0 Å². The Bertz CT molecular complexity index is 188. The number of hydrogen-bond donors (Lipinski definition) is 0. The number of fused-ring (bicyclic) bond motifs is 1. The molecule has 1 aliphatic heterocycles. The first kappa shape index (κ1) is 6.35. The summed E-state index contributed by atoms with van der Waals surface area (Å²) in [7, 11) is 0. The van der Waals surface area contributed by atoms with Gasteiger partial charge in [0.05, 0.1) is 18.6 Å². The molecule has 1 saturated carbocycles. The molecule has 0 amide bonds. The second-order valence-corrected chi connectivity index (χ2v) is 3.79. The zero-order valence-electron chi connectivity index (χ0n) is 6.39. The normalized spacial score (nSPS) is 52.4. The van der Waals surface area contributed by atoms with E-state index in [1.807, 2.05) is 6.92 Å². The zero-order chi connectivity index (χ0) is 7.35. The van der Waals surface area contributed by atoms with Gasteiger partial charge in [0.25, 0.3) is 0 Å². The third-order valence-corrected chi connectivity index (χ3v) is 2.82. The molecule has 0 aromatic rings. The first-order valence-corrected chi connectivity index (χ1v) is 3.78. The largest absolute Gasteiger partial charge is 0.377 e. The minimum Gasteiger partial charge on any atom is -0.377 e. The molecule has 2 aliphatic rings. The third-order valence-electron chi connectivity index (χ3n) is 2.82. The Hall–Kier alpha value is -0.370. The lowest BCUT2D eigenvalue weighted by atomic mass is 9.61. The first-order valence-electron chi connectivity index (χ1n) is 3.78. The molecule has 56 valence electrons. The van der Waals surface area contributed by atoms with Gasteiger partial charge in [-0.15, -0.1) is 0 Å². The summed E-state index contributed by atoms with van der Waals surface area (Å²) >= 11 is 0. The van der Waals surface area contributed by atoms with Crippen molar-refractivity contribution < 1.29 is 9.53 Å². The highest BCUT2D eigenvalue weighted by Crippen LogP contribution is 2.50. The molecule has 3 atom stereocenters. The molecule has 1 saturated heterocycles. The van der Waals surface area contributed by atoms with Gasteiger partial charge in [-0.1, -0.05) is 6.92 Å². The van der Waals surface area contributed by atoms with Gasteiger partial charge in [-0.25, -0.2) is 0 Å². The molecule has 1 aliphatic carbocycles. The molecule has 0 bridgehead atoms. The van der Waals surface area contributed by atoms with Crippen molar-refractivity contribution in [3.8, 4) is 0 Å². The number of ketones is 1. The molecule has 2 heteroatoms. The van der Waals surface area contributed by atoms with Gasteiger partial charge in [0.2, 0.25) is 0 Å². The van der Waals surface area contributed by atoms with Gasteiger partial charge in [-0.05, 0) is 6.92 Å². The van der Waals surface area contributed by atoms with Crippen LogP contribution in [0.15, 0.2) is 0 Å². The number of Topliss-reactive ketones (excluding diaryl/α,β-unsaturated/α-hetero) is 1. The fourth-order valence-electron chi connectivity index (χ4n) is 2.26. The fourth-order valence-corrected chi connectivity index (χ4v) is 2.26. The van der Waals surface area contributed by atoms with Crippen LogP contribution in [0.3, 0.4) is 0 Å². The number of carbonyl (C=O) groups excluding carboxylic acids is 1. The Balaban J connectivity index is 2.24. The van der Waals surface area contributed by atoms with Crippen molar-refractivity contribution in [3.05, 3.63) is 0 Å². The average Bonchev–Trinajstić information content (AvgIpc) is 2.03. The zero-order valence-corrected chi connectivity index (χ0v) is 6.39. The molecule has 1 heterocycles. The molecule has 0 aromatic carbocycles. The quantitative estimate of drug-likeness (QED) is 0.501. The minimum atomic E-state index is 0.172. The Morgan fingerprint density at radius 3 is 2.80 bits per heavy atom. The lowest BCUT2D eigenvalue weighted by Gasteiger charge is -2.39. The molecule has 0 unspecified atom stereocenters. The van der Waals surface area contributed by atoms with E-state index in [2.05, 4.69) is 6.92 Å². The fraction of sp³-hybridized carbons (Fsp3) is 0.875. The third kappa shape index (κ3) is 0.553. The Morgan fingerprint density at radius 1 is 1.70 bits per heavy atom. The minimum absolute atomic E-state index is 0.172. The van der Waals surface area contributed by atoms with Crippen molar-refractivity contribution in [1.82, 2.24) is 0 Å². The van der Waals surface area contributed by atoms with Gasteiger partial charge in [-0.3, -0.25) is 4.79 Å². The Kier molecular flexibility index (Phi) is 1.03. The summed E-state index contributed by atoms with van der Waals surface area (Å²) in [5.74, 6) is 0.611. The summed E-state index contributed by atoms with van der Waals surface area (Å²) in [6.07, 6.45) is 0.911. The summed E-state index contributed by atoms with van der Waals surface area (Å²) < 4.78 is 5.39. The van der Waals surface area contributed by atoms with Crippen LogP contribution in [0.1, 0.15) is 20.3 Å². The second-order valence-electron chi connectivity index (χ2n) is 3.79. The van der Waals surface area contributed by atoms with E-state index in [0.29, 0.717) is 5.78 Å². The molecule has 0 radical (unpaired) electrons. The van der Waals surface area contributed by atoms with Gasteiger partial charge < -0.3 is 4.74 Å². The molecule has 10 heavy (non-hydrogen) atoms. The van der Waals surface area contributed by atoms with Crippen LogP contribution in [0.2, 0.25) is 0 Å². The van der Waals surface area contributed by atoms with E-state index in [4.69, 9.17) is 4.74 Å². The van der Waals surface area contributed by atoms with Crippen LogP contribution in [0.4, 0.5) is 0 Å². The molecule has 0 N–H and O–H groups in total. The molecule has 2 fully saturated rings. The predicted octanol–water partition coefficient (Wildman–Crippen LogP) is 1.00. The van der Waals surface area contributed by atoms with Gasteiger partial charge in [0.1, 0.15) is 5.78 Å². The molecular weight excluding hydrogens is 128 g/mol. The van der Waals surface area contributed by atoms with E-state index in [9.17, 15) is 4.79 Å². The summed E-state index contributed by atoms with van der Waals surface area (Å²) in [6, 6.07) is 0. The maximum atomic E-state index is 11.0. The average molecular weight is 140 g/mol. The Morgan fingerprint density at radius 2 is 2.40 bits per heavy atom. The van der Waals surface area contributed by atoms with Crippen molar-refractivity contribution >= 4 is 5.78 Å². The summed E-state index contributed by atoms with van der Waals surface area (Å²) in [4.78, 5) is 11.0. The van der Waals surface area contributed by atoms with Gasteiger partial charge in [0, 0.05) is 11.8 Å². The standard InChI is InChI=1S/C8H12O2/c1-5-7-6(9)3-8(7,2)4-10-5/h5,7H,3-4H2,1-2H3/t5-,7-,8-/m1/s1. The maximum absolute atomic E-state index is 11.0. The van der Waals surface area contributed by atoms with Crippen molar-refractivity contribution in [2.24, 2.45) is 11.3 Å². The van der Waals surface area contributed by atoms with Crippen molar-refractivity contribution in [2.45, 2.75) is 26.4 Å². The maximum Gasteiger partial charge on any atom is 0.139 e. The van der Waals surface area contributed by atoms with Crippen LogP contribution in [-0.4, -0.2) is 18.5 Å². The lowest BCUT2D eigenvalue weighted by Crippen LogP contribution is -2.47. The Labute approximate surface area is 60.6 Å². The smallest absolute Gasteiger partial charge is 0.139 e. The summed E-state index contributed by atoms with van der Waals surface area (Å²) in [5.41, 5.74) is 0.205. The van der Waals surface area contributed by atoms with E-state index in [1.54, 1.807) is 0 Å². The molecule has 2 nitrogen and oxygen atoms in total. The second kappa shape index (κ2) is 1.62. The predicted molar refractivity (Wildman–Crippen MR) is 36.6 cm³/mol. The van der Waals surface area contributed by atoms with Crippen LogP contribution < -0.4 is 0 Å². The van der Waals surface area contributed by atoms with E-state index >= 15 is 0 Å². The summed E-state index contributed by atoms with van der Waals surface area (Å²) in [5, 5.41) is 0. The monoisotopic (exact) mass is 140 g/mol. The van der Waals surface area contributed by atoms with E-state index < -0.39 is 0 Å². The van der Waals surface area contributed by atoms with Crippen LogP contribution in [0, 0.1) is 11.3 Å². The number of hydrogen-bond acceptors (Lipinski definition) is 2. The molecule has 0 spiro atoms. The lowest BCUT2D eigenvalue weighted by molar-refractivity contribution is -0.138. The first-order chi connectivity index (χ1) is 4.63. The van der Waals surface area contributed by atoms with Crippen molar-refractivity contribution in [3.63, 3.8) is 0 Å². The number of carbonyl (C=O) groups is 1. The molecule has 2 rings (SSSR count).